The number of rotatable bonds is 9. The minimum atomic E-state index is -4.17. The van der Waals surface area contributed by atoms with Gasteiger partial charge in [0.2, 0.25) is 5.91 Å². The third-order valence-corrected chi connectivity index (χ3v) is 7.01. The van der Waals surface area contributed by atoms with E-state index in [1.807, 2.05) is 19.1 Å². The summed E-state index contributed by atoms with van der Waals surface area (Å²) in [7, 11) is -4.17. The molecule has 0 spiro atoms. The summed E-state index contributed by atoms with van der Waals surface area (Å²) in [5.74, 6) is 0.669. The normalized spacial score (nSPS) is 14.7. The number of halogens is 1. The van der Waals surface area contributed by atoms with Crippen LogP contribution < -0.4 is 23.8 Å². The average Bonchev–Trinajstić information content (AvgIpc) is 2.87. The van der Waals surface area contributed by atoms with Crippen molar-refractivity contribution in [2.24, 2.45) is 0 Å². The summed E-state index contributed by atoms with van der Waals surface area (Å²) in [5.41, 5.74) is 0.263. The van der Waals surface area contributed by atoms with Crippen molar-refractivity contribution in [3.05, 3.63) is 78.6 Å². The van der Waals surface area contributed by atoms with Crippen LogP contribution in [0.1, 0.15) is 6.92 Å². The first-order valence-electron chi connectivity index (χ1n) is 11.0. The highest BCUT2D eigenvalue weighted by Gasteiger charge is 2.28. The molecule has 35 heavy (non-hydrogen) atoms. The predicted octanol–water partition coefficient (Wildman–Crippen LogP) is 3.38. The van der Waals surface area contributed by atoms with Crippen LogP contribution in [0.3, 0.4) is 0 Å². The van der Waals surface area contributed by atoms with Crippen molar-refractivity contribution in [1.29, 1.82) is 0 Å². The summed E-state index contributed by atoms with van der Waals surface area (Å²) >= 11 is 0. The molecule has 0 saturated heterocycles. The Labute approximate surface area is 203 Å². The predicted molar refractivity (Wildman–Crippen MR) is 128 cm³/mol. The van der Waals surface area contributed by atoms with Crippen LogP contribution in [0.4, 0.5) is 10.1 Å². The highest BCUT2D eigenvalue weighted by molar-refractivity contribution is 7.92. The van der Waals surface area contributed by atoms with Crippen LogP contribution in [0.15, 0.2) is 77.7 Å². The Hall–Kier alpha value is -3.79. The molecule has 0 aromatic heterocycles. The van der Waals surface area contributed by atoms with Gasteiger partial charge in [0.1, 0.15) is 30.8 Å². The monoisotopic (exact) mass is 500 g/mol. The number of sulfonamides is 1. The number of hydrogen-bond acceptors (Lipinski definition) is 6. The van der Waals surface area contributed by atoms with Gasteiger partial charge in [-0.15, -0.1) is 0 Å². The molecule has 184 valence electrons. The molecule has 0 radical (unpaired) electrons. The van der Waals surface area contributed by atoms with E-state index in [9.17, 15) is 17.6 Å². The summed E-state index contributed by atoms with van der Waals surface area (Å²) in [6.45, 7) is 2.17. The molecule has 1 atom stereocenters. The fourth-order valence-corrected chi connectivity index (χ4v) is 4.92. The standard InChI is InChI=1S/C25H25FN2O6S/c1-2-32-20-11-9-19(10-12-20)28(35(30,31)22-13-7-18(26)8-14-22)16-25(29)27-15-21-17-33-23-5-3-4-6-24(23)34-21/h3-14,21H,2,15-17H2,1H3,(H,27,29)/t21-/m1/s1. The van der Waals surface area contributed by atoms with Crippen molar-refractivity contribution in [2.45, 2.75) is 17.9 Å². The highest BCUT2D eigenvalue weighted by Crippen LogP contribution is 2.31. The number of fused-ring (bicyclic) bond motifs is 1. The smallest absolute Gasteiger partial charge is 0.264 e. The number of amides is 1. The van der Waals surface area contributed by atoms with E-state index in [2.05, 4.69) is 5.32 Å². The van der Waals surface area contributed by atoms with Gasteiger partial charge in [0.15, 0.2) is 11.5 Å². The summed E-state index contributed by atoms with van der Waals surface area (Å²) < 4.78 is 58.0. The Morgan fingerprint density at radius 2 is 1.74 bits per heavy atom. The molecule has 3 aromatic carbocycles. The number of hydrogen-bond donors (Lipinski definition) is 1. The zero-order valence-electron chi connectivity index (χ0n) is 19.0. The highest BCUT2D eigenvalue weighted by atomic mass is 32.2. The van der Waals surface area contributed by atoms with Crippen molar-refractivity contribution in [3.63, 3.8) is 0 Å². The second kappa shape index (κ2) is 10.6. The lowest BCUT2D eigenvalue weighted by Gasteiger charge is -2.27. The minimum absolute atomic E-state index is 0.126. The molecule has 10 heteroatoms. The number of carbonyl (C=O) groups is 1. The van der Waals surface area contributed by atoms with Crippen molar-refractivity contribution < 1.29 is 31.8 Å². The third-order valence-electron chi connectivity index (χ3n) is 5.22. The van der Waals surface area contributed by atoms with Crippen LogP contribution in [-0.4, -0.2) is 46.7 Å². The molecule has 0 bridgehead atoms. The minimum Gasteiger partial charge on any atom is -0.494 e. The van der Waals surface area contributed by atoms with Gasteiger partial charge in [-0.25, -0.2) is 12.8 Å². The molecule has 0 aliphatic carbocycles. The molecule has 1 N–H and O–H groups in total. The Kier molecular flexibility index (Phi) is 7.40. The largest absolute Gasteiger partial charge is 0.494 e. The van der Waals surface area contributed by atoms with Gasteiger partial charge in [-0.05, 0) is 67.6 Å². The summed E-state index contributed by atoms with van der Waals surface area (Å²) in [6.07, 6.45) is -0.429. The van der Waals surface area contributed by atoms with E-state index in [0.29, 0.717) is 23.9 Å². The number of nitrogens with zero attached hydrogens (tertiary/aromatic N) is 1. The van der Waals surface area contributed by atoms with Crippen molar-refractivity contribution in [1.82, 2.24) is 5.32 Å². The van der Waals surface area contributed by atoms with Crippen LogP contribution in [-0.2, 0) is 14.8 Å². The van der Waals surface area contributed by atoms with Crippen molar-refractivity contribution >= 4 is 21.6 Å². The van der Waals surface area contributed by atoms with E-state index in [1.165, 1.54) is 0 Å². The van der Waals surface area contributed by atoms with Crippen LogP contribution in [0.25, 0.3) is 0 Å². The molecule has 1 aliphatic rings. The fourth-order valence-electron chi connectivity index (χ4n) is 3.50. The molecular weight excluding hydrogens is 475 g/mol. The SMILES string of the molecule is CCOc1ccc(N(CC(=O)NC[C@@H]2COc3ccccc3O2)S(=O)(=O)c2ccc(F)cc2)cc1. The van der Waals surface area contributed by atoms with Crippen molar-refractivity contribution in [3.8, 4) is 17.2 Å². The Bertz CT molecular complexity index is 1270. The first kappa shape index (κ1) is 24.3. The molecule has 1 amide bonds. The lowest BCUT2D eigenvalue weighted by atomic mass is 10.2. The van der Waals surface area contributed by atoms with E-state index in [1.54, 1.807) is 36.4 Å². The molecule has 4 rings (SSSR count). The Morgan fingerprint density at radius 1 is 1.06 bits per heavy atom. The molecule has 1 heterocycles. The Balaban J connectivity index is 1.50. The maximum absolute atomic E-state index is 13.4. The maximum Gasteiger partial charge on any atom is 0.264 e. The van der Waals surface area contributed by atoms with Gasteiger partial charge in [-0.3, -0.25) is 9.10 Å². The molecule has 0 unspecified atom stereocenters. The third kappa shape index (κ3) is 5.83. The zero-order chi connectivity index (χ0) is 24.8. The average molecular weight is 501 g/mol. The Morgan fingerprint density at radius 3 is 2.43 bits per heavy atom. The number of para-hydroxylation sites is 2. The molecular formula is C25H25FN2O6S. The number of benzene rings is 3. The van der Waals surface area contributed by atoms with Crippen LogP contribution in [0.5, 0.6) is 17.2 Å². The van der Waals surface area contributed by atoms with E-state index >= 15 is 0 Å². The van der Waals surface area contributed by atoms with Gasteiger partial charge in [0, 0.05) is 0 Å². The number of carbonyl (C=O) groups excluding carboxylic acids is 1. The van der Waals surface area contributed by atoms with E-state index in [-0.39, 0.29) is 23.7 Å². The maximum atomic E-state index is 13.4. The van der Waals surface area contributed by atoms with Gasteiger partial charge in [0.25, 0.3) is 10.0 Å². The van der Waals surface area contributed by atoms with E-state index in [4.69, 9.17) is 14.2 Å². The second-order valence-corrected chi connectivity index (χ2v) is 9.56. The lowest BCUT2D eigenvalue weighted by molar-refractivity contribution is -0.120. The lowest BCUT2D eigenvalue weighted by Crippen LogP contribution is -2.45. The molecule has 1 aliphatic heterocycles. The van der Waals surface area contributed by atoms with Gasteiger partial charge in [-0.1, -0.05) is 12.1 Å². The first-order chi connectivity index (χ1) is 16.9. The quantitative estimate of drug-likeness (QED) is 0.484. The number of ether oxygens (including phenoxy) is 3. The van der Waals surface area contributed by atoms with Crippen molar-refractivity contribution in [2.75, 3.05) is 30.6 Å². The summed E-state index contributed by atoms with van der Waals surface area (Å²) in [5, 5.41) is 2.71. The summed E-state index contributed by atoms with van der Waals surface area (Å²) in [4.78, 5) is 12.7. The molecule has 8 nitrogen and oxygen atoms in total. The molecule has 0 saturated carbocycles. The molecule has 0 fully saturated rings. The topological polar surface area (TPSA) is 94.2 Å². The second-order valence-electron chi connectivity index (χ2n) is 7.69. The molecule has 3 aromatic rings. The zero-order valence-corrected chi connectivity index (χ0v) is 19.8. The van der Waals surface area contributed by atoms with Crippen LogP contribution >= 0.6 is 0 Å². The first-order valence-corrected chi connectivity index (χ1v) is 12.5. The fraction of sp³-hybridized carbons (Fsp3) is 0.240. The van der Waals surface area contributed by atoms with Gasteiger partial charge >= 0.3 is 0 Å². The summed E-state index contributed by atoms with van der Waals surface area (Å²) in [6, 6.07) is 18.0. The van der Waals surface area contributed by atoms with Gasteiger partial charge in [0.05, 0.1) is 23.7 Å². The number of nitrogens with one attached hydrogen (secondary N) is 1. The van der Waals surface area contributed by atoms with E-state index < -0.39 is 34.4 Å². The number of anilines is 1. The van der Waals surface area contributed by atoms with Crippen LogP contribution in [0, 0.1) is 5.82 Å². The van der Waals surface area contributed by atoms with E-state index in [0.717, 1.165) is 28.6 Å². The van der Waals surface area contributed by atoms with Crippen LogP contribution in [0.2, 0.25) is 0 Å². The van der Waals surface area contributed by atoms with Gasteiger partial charge < -0.3 is 19.5 Å². The van der Waals surface area contributed by atoms with Gasteiger partial charge in [-0.2, -0.15) is 0 Å².